The summed E-state index contributed by atoms with van der Waals surface area (Å²) >= 11 is 0. The van der Waals surface area contributed by atoms with Crippen molar-refractivity contribution >= 4 is 11.0 Å². The van der Waals surface area contributed by atoms with Gasteiger partial charge in [0.05, 0.1) is 12.8 Å². The van der Waals surface area contributed by atoms with Crippen LogP contribution in [0.1, 0.15) is 47.5 Å². The van der Waals surface area contributed by atoms with Gasteiger partial charge >= 0.3 is 0 Å². The summed E-state index contributed by atoms with van der Waals surface area (Å²) in [5.41, 5.74) is 2.79. The van der Waals surface area contributed by atoms with Crippen molar-refractivity contribution < 1.29 is 9.13 Å². The molecule has 0 amide bonds. The van der Waals surface area contributed by atoms with Crippen LogP contribution >= 0.6 is 0 Å². The van der Waals surface area contributed by atoms with Crippen LogP contribution in [0, 0.1) is 23.1 Å². The van der Waals surface area contributed by atoms with Gasteiger partial charge in [-0.1, -0.05) is 40.7 Å². The lowest BCUT2D eigenvalue weighted by atomic mass is 9.82. The van der Waals surface area contributed by atoms with E-state index in [1.807, 2.05) is 19.2 Å². The van der Waals surface area contributed by atoms with E-state index in [9.17, 15) is 4.39 Å². The number of pyridine rings is 1. The van der Waals surface area contributed by atoms with Crippen LogP contribution in [-0.4, -0.2) is 21.4 Å². The second-order valence-electron chi connectivity index (χ2n) is 9.33. The van der Waals surface area contributed by atoms with Gasteiger partial charge in [-0.05, 0) is 53.5 Å². The van der Waals surface area contributed by atoms with Crippen LogP contribution < -0.4 is 4.74 Å². The molecular weight excluding hydrogens is 365 g/mol. The van der Waals surface area contributed by atoms with E-state index in [0.717, 1.165) is 35.0 Å². The van der Waals surface area contributed by atoms with E-state index < -0.39 is 0 Å². The number of ether oxygens (including phenoxy) is 1. The highest BCUT2D eigenvalue weighted by molar-refractivity contribution is 5.92. The van der Waals surface area contributed by atoms with Crippen molar-refractivity contribution in [3.05, 3.63) is 48.4 Å². The van der Waals surface area contributed by atoms with E-state index in [1.165, 1.54) is 12.0 Å². The first-order valence-corrected chi connectivity index (χ1v) is 10.1. The molecule has 3 rings (SSSR count). The Bertz CT molecular complexity index is 974. The Morgan fingerprint density at radius 1 is 1.24 bits per heavy atom. The minimum absolute atomic E-state index is 0.285. The zero-order valence-corrected chi connectivity index (χ0v) is 18.3. The van der Waals surface area contributed by atoms with Gasteiger partial charge < -0.3 is 4.74 Å². The van der Waals surface area contributed by atoms with E-state index in [1.54, 1.807) is 23.1 Å². The molecule has 0 N–H and O–H groups in total. The predicted molar refractivity (Wildman–Crippen MR) is 116 cm³/mol. The number of rotatable bonds is 7. The number of hydrogen-bond acceptors (Lipinski definition) is 3. The molecule has 4 nitrogen and oxygen atoms in total. The third-order valence-corrected chi connectivity index (χ3v) is 5.01. The minimum atomic E-state index is -0.355. The summed E-state index contributed by atoms with van der Waals surface area (Å²) in [4.78, 5) is 4.34. The molecule has 1 aromatic carbocycles. The summed E-state index contributed by atoms with van der Waals surface area (Å²) in [6.45, 7) is 11.6. The largest absolute Gasteiger partial charge is 0.490 e. The molecule has 5 heteroatoms. The monoisotopic (exact) mass is 396 g/mol. The molecular formula is C24H31FN3O. The standard InChI is InChI=1S/C24H31FN3O/c1-16(13-24(3,4)5)11-17(2)15-29-22-8-7-18(12-21(22)25)19-9-10-26-23-20(19)14-27-28(23)6/h7-10,12,14,16H,11,13,15H2,1-6H3/t16-/m0/s1. The summed E-state index contributed by atoms with van der Waals surface area (Å²) in [5.74, 6) is 1.75. The molecule has 0 fully saturated rings. The second-order valence-corrected chi connectivity index (χ2v) is 9.33. The first-order valence-electron chi connectivity index (χ1n) is 10.1. The molecule has 2 aromatic heterocycles. The molecule has 2 heterocycles. The van der Waals surface area contributed by atoms with Gasteiger partial charge in [0.25, 0.3) is 0 Å². The van der Waals surface area contributed by atoms with Crippen molar-refractivity contribution in [1.82, 2.24) is 14.8 Å². The summed E-state index contributed by atoms with van der Waals surface area (Å²) in [7, 11) is 1.85. The maximum Gasteiger partial charge on any atom is 0.165 e. The van der Waals surface area contributed by atoms with Crippen molar-refractivity contribution in [2.75, 3.05) is 6.61 Å². The van der Waals surface area contributed by atoms with Gasteiger partial charge in [0.2, 0.25) is 0 Å². The molecule has 0 saturated heterocycles. The predicted octanol–water partition coefficient (Wildman–Crippen LogP) is 6.21. The SMILES string of the molecule is C[C](COc1ccc(-c2ccnc3c2cnn3C)cc1F)C[C@H](C)CC(C)(C)C. The van der Waals surface area contributed by atoms with Crippen molar-refractivity contribution in [2.45, 2.75) is 47.5 Å². The zero-order valence-electron chi connectivity index (χ0n) is 18.3. The number of fused-ring (bicyclic) bond motifs is 1. The van der Waals surface area contributed by atoms with E-state index in [4.69, 9.17) is 4.74 Å². The highest BCUT2D eigenvalue weighted by atomic mass is 19.1. The van der Waals surface area contributed by atoms with Crippen LogP contribution in [0.2, 0.25) is 0 Å². The molecule has 0 saturated carbocycles. The lowest BCUT2D eigenvalue weighted by Gasteiger charge is -2.25. The van der Waals surface area contributed by atoms with Crippen LogP contribution in [0.4, 0.5) is 4.39 Å². The normalized spacial score (nSPS) is 13.2. The molecule has 0 aliphatic rings. The first kappa shape index (κ1) is 21.3. The number of aromatic nitrogens is 3. The Morgan fingerprint density at radius 2 is 2.00 bits per heavy atom. The number of nitrogens with zero attached hydrogens (tertiary/aromatic N) is 3. The lowest BCUT2D eigenvalue weighted by Crippen LogP contribution is -2.15. The number of aryl methyl sites for hydroxylation is 1. The topological polar surface area (TPSA) is 39.9 Å². The smallest absolute Gasteiger partial charge is 0.165 e. The molecule has 1 atom stereocenters. The van der Waals surface area contributed by atoms with Crippen LogP contribution in [0.25, 0.3) is 22.2 Å². The van der Waals surface area contributed by atoms with Crippen LogP contribution in [0.15, 0.2) is 36.7 Å². The minimum Gasteiger partial charge on any atom is -0.490 e. The average molecular weight is 397 g/mol. The Labute approximate surface area is 173 Å². The molecule has 0 aliphatic heterocycles. The summed E-state index contributed by atoms with van der Waals surface area (Å²) in [6, 6.07) is 7.00. The Morgan fingerprint density at radius 3 is 2.69 bits per heavy atom. The average Bonchev–Trinajstić information content (AvgIpc) is 3.00. The van der Waals surface area contributed by atoms with Crippen LogP contribution in [0.3, 0.4) is 0 Å². The third-order valence-electron chi connectivity index (χ3n) is 5.01. The van der Waals surface area contributed by atoms with Gasteiger partial charge in [-0.3, -0.25) is 4.68 Å². The molecule has 3 aromatic rings. The fraction of sp³-hybridized carbons (Fsp3) is 0.458. The number of benzene rings is 1. The lowest BCUT2D eigenvalue weighted by molar-refractivity contribution is 0.270. The Kier molecular flexibility index (Phi) is 6.25. The van der Waals surface area contributed by atoms with Crippen molar-refractivity contribution in [2.24, 2.45) is 18.4 Å². The summed E-state index contributed by atoms with van der Waals surface area (Å²) in [6.07, 6.45) is 5.63. The van der Waals surface area contributed by atoms with E-state index in [0.29, 0.717) is 17.9 Å². The zero-order chi connectivity index (χ0) is 21.2. The highest BCUT2D eigenvalue weighted by Crippen LogP contribution is 2.31. The van der Waals surface area contributed by atoms with E-state index in [-0.39, 0.29) is 11.6 Å². The molecule has 1 radical (unpaired) electrons. The summed E-state index contributed by atoms with van der Waals surface area (Å²) in [5, 5.41) is 5.15. The van der Waals surface area contributed by atoms with Crippen molar-refractivity contribution in [1.29, 1.82) is 0 Å². The summed E-state index contributed by atoms with van der Waals surface area (Å²) < 4.78 is 22.2. The maximum absolute atomic E-state index is 14.7. The fourth-order valence-corrected chi connectivity index (χ4v) is 4.06. The van der Waals surface area contributed by atoms with Gasteiger partial charge in [-0.2, -0.15) is 5.10 Å². The third kappa shape index (κ3) is 5.34. The van der Waals surface area contributed by atoms with Gasteiger partial charge in [0.15, 0.2) is 17.2 Å². The van der Waals surface area contributed by atoms with Gasteiger partial charge in [-0.15, -0.1) is 0 Å². The van der Waals surface area contributed by atoms with Gasteiger partial charge in [0.1, 0.15) is 0 Å². The molecule has 155 valence electrons. The molecule has 0 bridgehead atoms. The van der Waals surface area contributed by atoms with Crippen LogP contribution in [-0.2, 0) is 7.05 Å². The second kappa shape index (κ2) is 8.52. The van der Waals surface area contributed by atoms with Gasteiger partial charge in [-0.25, -0.2) is 9.37 Å². The maximum atomic E-state index is 14.7. The fourth-order valence-electron chi connectivity index (χ4n) is 4.06. The van der Waals surface area contributed by atoms with Crippen molar-refractivity contribution in [3.63, 3.8) is 0 Å². The number of hydrogen-bond donors (Lipinski definition) is 0. The van der Waals surface area contributed by atoms with Gasteiger partial charge in [0, 0.05) is 24.5 Å². The Hall–Kier alpha value is -2.43. The molecule has 0 spiro atoms. The van der Waals surface area contributed by atoms with Crippen LogP contribution in [0.5, 0.6) is 5.75 Å². The molecule has 0 aliphatic carbocycles. The first-order chi connectivity index (χ1) is 13.6. The van der Waals surface area contributed by atoms with Crippen molar-refractivity contribution in [3.8, 4) is 16.9 Å². The number of halogens is 1. The quantitative estimate of drug-likeness (QED) is 0.477. The highest BCUT2D eigenvalue weighted by Gasteiger charge is 2.18. The molecule has 29 heavy (non-hydrogen) atoms. The Balaban J connectivity index is 1.67. The molecule has 0 unspecified atom stereocenters. The van der Waals surface area contributed by atoms with E-state index >= 15 is 0 Å². The van der Waals surface area contributed by atoms with E-state index in [2.05, 4.69) is 44.7 Å².